The molecule has 20 heavy (non-hydrogen) atoms. The van der Waals surface area contributed by atoms with Crippen LogP contribution in [-0.4, -0.2) is 21.4 Å². The van der Waals surface area contributed by atoms with Gasteiger partial charge in [0.05, 0.1) is 4.08 Å². The summed E-state index contributed by atoms with van der Waals surface area (Å²) in [4.78, 5) is 13.1. The molecule has 1 saturated heterocycles. The van der Waals surface area contributed by atoms with E-state index < -0.39 is 0 Å². The summed E-state index contributed by atoms with van der Waals surface area (Å²) in [5.41, 5.74) is 0.394. The molecule has 0 amide bonds. The second-order valence-corrected chi connectivity index (χ2v) is 11.4. The lowest BCUT2D eigenvalue weighted by atomic mass is 9.47. The number of hydrogen-bond acceptors (Lipinski definition) is 3. The van der Waals surface area contributed by atoms with Crippen LogP contribution in [0.4, 0.5) is 0 Å². The molecule has 1 spiro atoms. The van der Waals surface area contributed by atoms with Crippen molar-refractivity contribution in [3.05, 3.63) is 0 Å². The Morgan fingerprint density at radius 1 is 1.20 bits per heavy atom. The van der Waals surface area contributed by atoms with Crippen LogP contribution in [0.1, 0.15) is 47.0 Å². The summed E-state index contributed by atoms with van der Waals surface area (Å²) < 4.78 is 0.360. The second kappa shape index (κ2) is 4.01. The highest BCUT2D eigenvalue weighted by molar-refractivity contribution is 8.21. The van der Waals surface area contributed by atoms with Crippen LogP contribution in [0.5, 0.6) is 0 Å². The minimum atomic E-state index is -0.00655. The van der Waals surface area contributed by atoms with Gasteiger partial charge in [0.1, 0.15) is 5.78 Å². The van der Waals surface area contributed by atoms with Gasteiger partial charge < -0.3 is 0 Å². The number of thioether (sulfide) groups is 2. The van der Waals surface area contributed by atoms with E-state index >= 15 is 0 Å². The summed E-state index contributed by atoms with van der Waals surface area (Å²) in [6.07, 6.45) is 3.63. The van der Waals surface area contributed by atoms with Crippen molar-refractivity contribution in [1.29, 1.82) is 0 Å². The molecule has 4 bridgehead atoms. The van der Waals surface area contributed by atoms with Crippen molar-refractivity contribution in [3.8, 4) is 0 Å². The number of carbonyl (C=O) groups is 1. The van der Waals surface area contributed by atoms with Gasteiger partial charge in [-0.15, -0.1) is 23.5 Å². The summed E-state index contributed by atoms with van der Waals surface area (Å²) in [6, 6.07) is 0. The third-order valence-corrected chi connectivity index (χ3v) is 11.1. The van der Waals surface area contributed by atoms with Gasteiger partial charge in [-0.3, -0.25) is 4.79 Å². The van der Waals surface area contributed by atoms with E-state index in [2.05, 4.69) is 51.2 Å². The van der Waals surface area contributed by atoms with E-state index in [1.807, 2.05) is 0 Å². The molecule has 0 radical (unpaired) electrons. The molecule has 0 aromatic carbocycles. The van der Waals surface area contributed by atoms with Crippen molar-refractivity contribution in [2.24, 2.45) is 34.5 Å². The van der Waals surface area contributed by atoms with Crippen LogP contribution < -0.4 is 0 Å². The lowest BCUT2D eigenvalue weighted by Gasteiger charge is -2.58. The highest BCUT2D eigenvalue weighted by Gasteiger charge is 2.75. The van der Waals surface area contributed by atoms with Gasteiger partial charge >= 0.3 is 0 Å². The summed E-state index contributed by atoms with van der Waals surface area (Å²) in [5, 5.41) is 0. The molecule has 0 aromatic heterocycles. The number of Topliss-reactive ketones (excluding diaryl/α,β-unsaturated/α-hetero) is 1. The van der Waals surface area contributed by atoms with E-state index in [1.165, 1.54) is 24.3 Å². The van der Waals surface area contributed by atoms with E-state index in [9.17, 15) is 4.79 Å². The van der Waals surface area contributed by atoms with Gasteiger partial charge in [0.15, 0.2) is 0 Å². The molecule has 1 heterocycles. The molecular weight excluding hydrogens is 284 g/mol. The van der Waals surface area contributed by atoms with Crippen molar-refractivity contribution in [2.45, 2.75) is 51.0 Å². The maximum Gasteiger partial charge on any atom is 0.142 e. The Bertz CT molecular complexity index is 468. The number of carbonyl (C=O) groups excluding carboxylic acids is 1. The highest BCUT2D eigenvalue weighted by atomic mass is 32.2. The van der Waals surface area contributed by atoms with Crippen molar-refractivity contribution < 1.29 is 4.79 Å². The van der Waals surface area contributed by atoms with Crippen molar-refractivity contribution in [3.63, 3.8) is 0 Å². The smallest absolute Gasteiger partial charge is 0.142 e. The topological polar surface area (TPSA) is 17.1 Å². The largest absolute Gasteiger partial charge is 0.299 e. The van der Waals surface area contributed by atoms with Crippen LogP contribution >= 0.6 is 23.5 Å². The van der Waals surface area contributed by atoms with Gasteiger partial charge in [0.2, 0.25) is 0 Å². The van der Waals surface area contributed by atoms with Gasteiger partial charge in [-0.1, -0.05) is 27.7 Å². The number of rotatable bonds is 1. The van der Waals surface area contributed by atoms with E-state index in [4.69, 9.17) is 0 Å². The minimum absolute atomic E-state index is 0.00655. The fraction of sp³-hybridized carbons (Fsp3) is 0.941. The zero-order valence-electron chi connectivity index (χ0n) is 13.1. The fourth-order valence-corrected chi connectivity index (χ4v) is 10.3. The van der Waals surface area contributed by atoms with Crippen LogP contribution in [0.25, 0.3) is 0 Å². The lowest BCUT2D eigenvalue weighted by Crippen LogP contribution is -2.57. The molecule has 112 valence electrons. The highest BCUT2D eigenvalue weighted by Crippen LogP contribution is 2.79. The maximum absolute atomic E-state index is 13.1. The molecular formula is C17H26OS2. The van der Waals surface area contributed by atoms with Gasteiger partial charge in [0, 0.05) is 22.8 Å². The minimum Gasteiger partial charge on any atom is -0.299 e. The molecule has 0 aromatic rings. The van der Waals surface area contributed by atoms with E-state index in [1.54, 1.807) is 0 Å². The molecule has 3 heteroatoms. The molecule has 0 unspecified atom stereocenters. The van der Waals surface area contributed by atoms with Crippen LogP contribution in [0.2, 0.25) is 0 Å². The summed E-state index contributed by atoms with van der Waals surface area (Å²) >= 11 is 4.38. The third-order valence-electron chi connectivity index (χ3n) is 7.19. The van der Waals surface area contributed by atoms with E-state index in [0.29, 0.717) is 38.9 Å². The Morgan fingerprint density at radius 2 is 1.85 bits per heavy atom. The molecule has 4 saturated carbocycles. The predicted molar refractivity (Wildman–Crippen MR) is 88.0 cm³/mol. The van der Waals surface area contributed by atoms with Crippen molar-refractivity contribution >= 4 is 29.3 Å². The zero-order chi connectivity index (χ0) is 14.3. The van der Waals surface area contributed by atoms with Crippen LogP contribution in [-0.2, 0) is 4.79 Å². The Balaban J connectivity index is 1.81. The standard InChI is InChI=1S/C17H26OS2/c1-10(2)11-7-13-15(3)9-17(19-5-6-20-17)16(13,4)8-12(11)14(15)18/h10-13H,5-9H2,1-4H3/t11-,12+,13-,15-,16-/m1/s1. The first kappa shape index (κ1) is 14.0. The number of ketones is 1. The molecule has 1 aliphatic heterocycles. The Morgan fingerprint density at radius 3 is 2.45 bits per heavy atom. The maximum atomic E-state index is 13.1. The Kier molecular flexibility index (Phi) is 2.81. The zero-order valence-corrected chi connectivity index (χ0v) is 14.7. The first-order valence-corrected chi connectivity index (χ1v) is 10.1. The Hall–Kier alpha value is 0.370. The number of fused-ring (bicyclic) bond motifs is 1. The average Bonchev–Trinajstić information content (AvgIpc) is 2.90. The van der Waals surface area contributed by atoms with E-state index in [0.717, 1.165) is 6.42 Å². The van der Waals surface area contributed by atoms with Crippen LogP contribution in [0.3, 0.4) is 0 Å². The second-order valence-electron chi connectivity index (χ2n) is 8.33. The predicted octanol–water partition coefficient (Wildman–Crippen LogP) is 4.46. The van der Waals surface area contributed by atoms with E-state index in [-0.39, 0.29) is 5.41 Å². The van der Waals surface area contributed by atoms with Crippen molar-refractivity contribution in [2.75, 3.05) is 11.5 Å². The summed E-state index contributed by atoms with van der Waals surface area (Å²) in [7, 11) is 0. The SMILES string of the molecule is CC(C)[C@H]1C[C@@H]2[C@@]3(C)CC4(SCCS4)[C@]2(C)C[C@@H]1C3=O. The number of hydrogen-bond donors (Lipinski definition) is 0. The molecule has 5 atom stereocenters. The Labute approximate surface area is 131 Å². The van der Waals surface area contributed by atoms with Gasteiger partial charge in [-0.2, -0.15) is 0 Å². The van der Waals surface area contributed by atoms with Crippen molar-refractivity contribution in [1.82, 2.24) is 0 Å². The third kappa shape index (κ3) is 1.38. The molecule has 0 N–H and O–H groups in total. The molecule has 4 aliphatic carbocycles. The molecule has 5 rings (SSSR count). The van der Waals surface area contributed by atoms with Gasteiger partial charge in [-0.05, 0) is 42.4 Å². The fourth-order valence-electron chi connectivity index (χ4n) is 6.23. The average molecular weight is 311 g/mol. The molecule has 1 nitrogen and oxygen atoms in total. The van der Waals surface area contributed by atoms with Gasteiger partial charge in [0.25, 0.3) is 0 Å². The first-order valence-electron chi connectivity index (χ1n) is 8.16. The normalized spacial score (nSPS) is 52.5. The molecule has 5 aliphatic rings. The monoisotopic (exact) mass is 310 g/mol. The van der Waals surface area contributed by atoms with Crippen LogP contribution in [0, 0.1) is 34.5 Å². The van der Waals surface area contributed by atoms with Gasteiger partial charge in [-0.25, -0.2) is 0 Å². The summed E-state index contributed by atoms with van der Waals surface area (Å²) in [6.45, 7) is 9.49. The quantitative estimate of drug-likeness (QED) is 0.712. The summed E-state index contributed by atoms with van der Waals surface area (Å²) in [5.74, 6) is 5.52. The van der Waals surface area contributed by atoms with Crippen LogP contribution in [0.15, 0.2) is 0 Å². The lowest BCUT2D eigenvalue weighted by molar-refractivity contribution is -0.157. The first-order chi connectivity index (χ1) is 9.34. The molecule has 5 fully saturated rings.